The molecule has 0 fully saturated rings. The van der Waals surface area contributed by atoms with Crippen molar-refractivity contribution < 1.29 is 14.3 Å². The van der Waals surface area contributed by atoms with Crippen LogP contribution in [0.15, 0.2) is 53.7 Å². The van der Waals surface area contributed by atoms with E-state index >= 15 is 0 Å². The van der Waals surface area contributed by atoms with Crippen LogP contribution in [0.4, 0.5) is 4.79 Å². The molecule has 1 unspecified atom stereocenters. The zero-order chi connectivity index (χ0) is 18.9. The fourth-order valence-electron chi connectivity index (χ4n) is 2.93. The van der Waals surface area contributed by atoms with E-state index in [1.165, 1.54) is 0 Å². The summed E-state index contributed by atoms with van der Waals surface area (Å²) in [5.74, 6) is -0.667. The largest absolute Gasteiger partial charge is 0.458 e. The number of amides is 2. The highest BCUT2D eigenvalue weighted by Crippen LogP contribution is 2.33. The third kappa shape index (κ3) is 4.06. The first kappa shape index (κ1) is 18.8. The normalized spacial score (nSPS) is 17.7. The van der Waals surface area contributed by atoms with Crippen molar-refractivity contribution in [3.05, 3.63) is 59.3 Å². The summed E-state index contributed by atoms with van der Waals surface area (Å²) < 4.78 is 3.41. The summed E-state index contributed by atoms with van der Waals surface area (Å²) in [4.78, 5) is 24.6. The molecule has 5 nitrogen and oxygen atoms in total. The average molecular weight is 414 g/mol. The smallest absolute Gasteiger partial charge is 0.338 e. The highest BCUT2D eigenvalue weighted by molar-refractivity contribution is 6.67. The maximum atomic E-state index is 12.6. The molecule has 1 heterocycles. The monoisotopic (exact) mass is 412 g/mol. The number of carbonyl (C=O) groups is 2. The summed E-state index contributed by atoms with van der Waals surface area (Å²) >= 11 is 17.0. The van der Waals surface area contributed by atoms with Gasteiger partial charge in [-0.25, -0.2) is 9.59 Å². The SMILES string of the molecule is CC1=C(C(=O)OCC(Cl)(Cl)Cl)C(c2cccc3ccccc23)NC(=O)N1. The number of fused-ring (bicyclic) bond motifs is 1. The molecule has 0 bridgehead atoms. The summed E-state index contributed by atoms with van der Waals surface area (Å²) in [5.41, 5.74) is 1.43. The van der Waals surface area contributed by atoms with E-state index in [1.54, 1.807) is 6.92 Å². The van der Waals surface area contributed by atoms with Crippen LogP contribution < -0.4 is 10.6 Å². The van der Waals surface area contributed by atoms with Crippen molar-refractivity contribution in [3.63, 3.8) is 0 Å². The van der Waals surface area contributed by atoms with Gasteiger partial charge in [0.25, 0.3) is 0 Å². The minimum atomic E-state index is -1.72. The van der Waals surface area contributed by atoms with Gasteiger partial charge in [-0.05, 0) is 23.3 Å². The van der Waals surface area contributed by atoms with Gasteiger partial charge in [-0.1, -0.05) is 77.3 Å². The molecule has 0 saturated heterocycles. The van der Waals surface area contributed by atoms with Crippen LogP contribution in [0.2, 0.25) is 0 Å². The summed E-state index contributed by atoms with van der Waals surface area (Å²) in [6.07, 6.45) is 0. The Morgan fingerprint density at radius 3 is 2.58 bits per heavy atom. The van der Waals surface area contributed by atoms with Crippen LogP contribution >= 0.6 is 34.8 Å². The molecular formula is C18H15Cl3N2O3. The first-order valence-electron chi connectivity index (χ1n) is 7.76. The van der Waals surface area contributed by atoms with E-state index in [9.17, 15) is 9.59 Å². The van der Waals surface area contributed by atoms with Gasteiger partial charge < -0.3 is 15.4 Å². The molecule has 0 aliphatic carbocycles. The van der Waals surface area contributed by atoms with Gasteiger partial charge >= 0.3 is 12.0 Å². The number of halogens is 3. The highest BCUT2D eigenvalue weighted by Gasteiger charge is 2.34. The first-order chi connectivity index (χ1) is 12.3. The van der Waals surface area contributed by atoms with Gasteiger partial charge in [0.05, 0.1) is 11.6 Å². The molecule has 0 saturated carbocycles. The lowest BCUT2D eigenvalue weighted by Gasteiger charge is -2.29. The Morgan fingerprint density at radius 1 is 1.15 bits per heavy atom. The Hall–Kier alpha value is -1.95. The van der Waals surface area contributed by atoms with Gasteiger partial charge in [0, 0.05) is 5.70 Å². The van der Waals surface area contributed by atoms with Crippen molar-refractivity contribution in [2.24, 2.45) is 0 Å². The fraction of sp³-hybridized carbons (Fsp3) is 0.222. The number of alkyl halides is 3. The lowest BCUT2D eigenvalue weighted by atomic mass is 9.91. The molecule has 2 aromatic rings. The molecule has 0 spiro atoms. The van der Waals surface area contributed by atoms with Crippen molar-refractivity contribution >= 4 is 57.6 Å². The maximum Gasteiger partial charge on any atom is 0.338 e. The zero-order valence-electron chi connectivity index (χ0n) is 13.7. The molecule has 1 atom stereocenters. The Balaban J connectivity index is 2.04. The molecule has 2 N–H and O–H groups in total. The van der Waals surface area contributed by atoms with Crippen LogP contribution in [0.1, 0.15) is 18.5 Å². The summed E-state index contributed by atoms with van der Waals surface area (Å²) in [5, 5.41) is 7.27. The van der Waals surface area contributed by atoms with Crippen molar-refractivity contribution in [1.82, 2.24) is 10.6 Å². The number of benzene rings is 2. The number of hydrogen-bond donors (Lipinski definition) is 2. The Labute approximate surface area is 165 Å². The molecule has 0 aromatic heterocycles. The van der Waals surface area contributed by atoms with Crippen molar-refractivity contribution in [2.75, 3.05) is 6.61 Å². The fourth-order valence-corrected chi connectivity index (χ4v) is 3.09. The number of carbonyl (C=O) groups excluding carboxylic acids is 2. The van der Waals surface area contributed by atoms with Gasteiger partial charge in [0.1, 0.15) is 6.61 Å². The van der Waals surface area contributed by atoms with E-state index in [0.717, 1.165) is 16.3 Å². The van der Waals surface area contributed by atoms with E-state index < -0.39 is 28.4 Å². The second kappa shape index (κ2) is 7.35. The molecule has 3 rings (SSSR count). The van der Waals surface area contributed by atoms with E-state index in [0.29, 0.717) is 5.70 Å². The topological polar surface area (TPSA) is 67.4 Å². The number of ether oxygens (including phenoxy) is 1. The summed E-state index contributed by atoms with van der Waals surface area (Å²) in [6.45, 7) is 1.23. The van der Waals surface area contributed by atoms with Crippen molar-refractivity contribution in [2.45, 2.75) is 16.8 Å². The predicted molar refractivity (Wildman–Crippen MR) is 102 cm³/mol. The molecule has 136 valence electrons. The lowest BCUT2D eigenvalue weighted by Crippen LogP contribution is -2.45. The van der Waals surface area contributed by atoms with Crippen LogP contribution in [0, 0.1) is 0 Å². The molecule has 1 aliphatic heterocycles. The summed E-state index contributed by atoms with van der Waals surface area (Å²) in [6, 6.07) is 12.3. The molecule has 0 radical (unpaired) electrons. The van der Waals surface area contributed by atoms with Crippen molar-refractivity contribution in [1.29, 1.82) is 0 Å². The molecular weight excluding hydrogens is 399 g/mol. The minimum absolute atomic E-state index is 0.259. The van der Waals surface area contributed by atoms with Gasteiger partial charge in [-0.15, -0.1) is 0 Å². The van der Waals surface area contributed by atoms with Crippen LogP contribution in [-0.4, -0.2) is 22.4 Å². The minimum Gasteiger partial charge on any atom is -0.458 e. The van der Waals surface area contributed by atoms with Gasteiger partial charge in [-0.3, -0.25) is 0 Å². The Kier molecular flexibility index (Phi) is 5.32. The molecule has 2 aromatic carbocycles. The third-order valence-corrected chi connectivity index (χ3v) is 4.32. The van der Waals surface area contributed by atoms with Crippen LogP contribution in [0.5, 0.6) is 0 Å². The van der Waals surface area contributed by atoms with Gasteiger partial charge in [0.2, 0.25) is 3.79 Å². The quantitative estimate of drug-likeness (QED) is 0.579. The molecule has 2 amide bonds. The number of esters is 1. The van der Waals surface area contributed by atoms with Crippen LogP contribution in [0.25, 0.3) is 10.8 Å². The number of allylic oxidation sites excluding steroid dienone is 1. The average Bonchev–Trinajstić information content (AvgIpc) is 2.58. The van der Waals surface area contributed by atoms with E-state index in [1.807, 2.05) is 42.5 Å². The molecule has 26 heavy (non-hydrogen) atoms. The van der Waals surface area contributed by atoms with Gasteiger partial charge in [-0.2, -0.15) is 0 Å². The van der Waals surface area contributed by atoms with E-state index in [2.05, 4.69) is 10.6 Å². The first-order valence-corrected chi connectivity index (χ1v) is 8.89. The second-order valence-electron chi connectivity index (χ2n) is 5.83. The maximum absolute atomic E-state index is 12.6. The lowest BCUT2D eigenvalue weighted by molar-refractivity contribution is -0.139. The standard InChI is InChI=1S/C18H15Cl3N2O3/c1-10-14(16(24)26-9-18(19,20)21)15(23-17(25)22-10)13-8-4-6-11-5-2-3-7-12(11)13/h2-8,15H,9H2,1H3,(H2,22,23,25). The third-order valence-electron chi connectivity index (χ3n) is 3.99. The highest BCUT2D eigenvalue weighted by atomic mass is 35.6. The van der Waals surface area contributed by atoms with Crippen LogP contribution in [-0.2, 0) is 9.53 Å². The van der Waals surface area contributed by atoms with Gasteiger partial charge in [0.15, 0.2) is 0 Å². The number of rotatable bonds is 3. The Bertz CT molecular complexity index is 901. The predicted octanol–water partition coefficient (Wildman–Crippen LogP) is 4.38. The van der Waals surface area contributed by atoms with E-state index in [4.69, 9.17) is 39.5 Å². The van der Waals surface area contributed by atoms with E-state index in [-0.39, 0.29) is 5.57 Å². The van der Waals surface area contributed by atoms with Crippen LogP contribution in [0.3, 0.4) is 0 Å². The summed E-state index contributed by atoms with van der Waals surface area (Å²) in [7, 11) is 0. The zero-order valence-corrected chi connectivity index (χ0v) is 16.0. The van der Waals surface area contributed by atoms with Crippen molar-refractivity contribution in [3.8, 4) is 0 Å². The Morgan fingerprint density at radius 2 is 1.85 bits per heavy atom. The molecule has 1 aliphatic rings. The number of hydrogen-bond acceptors (Lipinski definition) is 3. The number of urea groups is 1. The second-order valence-corrected chi connectivity index (χ2v) is 8.35. The molecule has 8 heteroatoms. The number of nitrogens with one attached hydrogen (secondary N) is 2.